The van der Waals surface area contributed by atoms with Gasteiger partial charge in [0.2, 0.25) is 0 Å². The van der Waals surface area contributed by atoms with Gasteiger partial charge in [-0.15, -0.1) is 0 Å². The molecule has 0 aromatic carbocycles. The first-order valence-electron chi connectivity index (χ1n) is 4.76. The van der Waals surface area contributed by atoms with Crippen molar-refractivity contribution in [2.75, 3.05) is 0 Å². The van der Waals surface area contributed by atoms with E-state index in [4.69, 9.17) is 0 Å². The van der Waals surface area contributed by atoms with Crippen LogP contribution in [-0.4, -0.2) is 15.0 Å². The number of hydrogen-bond acceptors (Lipinski definition) is 3. The van der Waals surface area contributed by atoms with E-state index in [0.717, 1.165) is 15.2 Å². The van der Waals surface area contributed by atoms with Gasteiger partial charge in [0.15, 0.2) is 3.83 Å². The molecule has 0 amide bonds. The molecule has 0 aliphatic rings. The fraction of sp³-hybridized carbons (Fsp3) is 0.182. The molecular weight excluding hydrogens is 301 g/mol. The van der Waals surface area contributed by atoms with E-state index in [2.05, 4.69) is 37.5 Å². The van der Waals surface area contributed by atoms with Crippen LogP contribution in [0.15, 0.2) is 36.7 Å². The molecule has 0 aliphatic heterocycles. The van der Waals surface area contributed by atoms with Gasteiger partial charge in [0.25, 0.3) is 0 Å². The third-order valence-electron chi connectivity index (χ3n) is 1.55. The Morgan fingerprint density at radius 1 is 0.933 bits per heavy atom. The van der Waals surface area contributed by atoms with Crippen LogP contribution in [0.1, 0.15) is 13.8 Å². The van der Waals surface area contributed by atoms with Gasteiger partial charge in [0, 0.05) is 35.0 Å². The summed E-state index contributed by atoms with van der Waals surface area (Å²) in [6.07, 6.45) is 3.49. The van der Waals surface area contributed by atoms with Crippen molar-refractivity contribution in [2.45, 2.75) is 13.8 Å². The van der Waals surface area contributed by atoms with Crippen molar-refractivity contribution in [3.63, 3.8) is 0 Å². The molecule has 0 saturated heterocycles. The van der Waals surface area contributed by atoms with Crippen LogP contribution in [0.4, 0.5) is 0 Å². The highest BCUT2D eigenvalue weighted by molar-refractivity contribution is 14.1. The van der Waals surface area contributed by atoms with Crippen LogP contribution in [0, 0.1) is 3.83 Å². The molecule has 15 heavy (non-hydrogen) atoms. The van der Waals surface area contributed by atoms with Gasteiger partial charge in [-0.3, -0.25) is 4.98 Å². The van der Waals surface area contributed by atoms with Crippen LogP contribution in [0.2, 0.25) is 0 Å². The minimum atomic E-state index is 0.737. The Hall–Kier alpha value is -1.04. The Morgan fingerprint density at radius 3 is 2.33 bits per heavy atom. The summed E-state index contributed by atoms with van der Waals surface area (Å²) in [7, 11) is 0. The second-order valence-electron chi connectivity index (χ2n) is 2.43. The summed E-state index contributed by atoms with van der Waals surface area (Å²) < 4.78 is 0.737. The third kappa shape index (κ3) is 3.54. The zero-order valence-corrected chi connectivity index (χ0v) is 10.8. The summed E-state index contributed by atoms with van der Waals surface area (Å²) in [5.41, 5.74) is 1.74. The van der Waals surface area contributed by atoms with E-state index in [0.29, 0.717) is 0 Å². The number of aromatic nitrogens is 3. The van der Waals surface area contributed by atoms with Crippen molar-refractivity contribution >= 4 is 22.6 Å². The lowest BCUT2D eigenvalue weighted by Gasteiger charge is -1.97. The second kappa shape index (κ2) is 6.44. The van der Waals surface area contributed by atoms with Gasteiger partial charge in [0.05, 0.1) is 11.4 Å². The fourth-order valence-electron chi connectivity index (χ4n) is 0.992. The molecule has 78 valence electrons. The predicted octanol–water partition coefficient (Wildman–Crippen LogP) is 3.17. The lowest BCUT2D eigenvalue weighted by Crippen LogP contribution is -1.90. The predicted molar refractivity (Wildman–Crippen MR) is 69.3 cm³/mol. The van der Waals surface area contributed by atoms with Crippen LogP contribution < -0.4 is 0 Å². The first-order chi connectivity index (χ1) is 7.36. The second-order valence-corrected chi connectivity index (χ2v) is 3.39. The number of nitrogens with zero attached hydrogens (tertiary/aromatic N) is 3. The molecule has 2 heterocycles. The number of rotatable bonds is 1. The molecule has 0 bridgehead atoms. The van der Waals surface area contributed by atoms with Gasteiger partial charge in [0.1, 0.15) is 0 Å². The smallest absolute Gasteiger partial charge is 0.191 e. The molecule has 0 unspecified atom stereocenters. The normalized spacial score (nSPS) is 9.00. The number of pyridine rings is 1. The highest BCUT2D eigenvalue weighted by atomic mass is 127. The van der Waals surface area contributed by atoms with E-state index in [-0.39, 0.29) is 0 Å². The maximum atomic E-state index is 4.26. The molecule has 0 spiro atoms. The number of halogens is 1. The van der Waals surface area contributed by atoms with Crippen molar-refractivity contribution in [1.29, 1.82) is 0 Å². The van der Waals surface area contributed by atoms with Crippen LogP contribution in [0.3, 0.4) is 0 Å². The maximum Gasteiger partial charge on any atom is 0.191 e. The number of hydrogen-bond donors (Lipinski definition) is 0. The van der Waals surface area contributed by atoms with Crippen LogP contribution in [0.5, 0.6) is 0 Å². The Bertz CT molecular complexity index is 404. The highest BCUT2D eigenvalue weighted by Gasteiger charge is 1.99. The molecule has 4 heteroatoms. The monoisotopic (exact) mass is 313 g/mol. The average Bonchev–Trinajstić information content (AvgIpc) is 2.33. The zero-order valence-electron chi connectivity index (χ0n) is 8.68. The zero-order chi connectivity index (χ0) is 11.1. The van der Waals surface area contributed by atoms with Gasteiger partial charge in [-0.05, 0) is 18.2 Å². The van der Waals surface area contributed by atoms with Gasteiger partial charge in [-0.1, -0.05) is 19.9 Å². The van der Waals surface area contributed by atoms with Gasteiger partial charge < -0.3 is 0 Å². The summed E-state index contributed by atoms with van der Waals surface area (Å²) >= 11 is 2.08. The quantitative estimate of drug-likeness (QED) is 0.599. The van der Waals surface area contributed by atoms with Gasteiger partial charge >= 0.3 is 0 Å². The average molecular weight is 313 g/mol. The molecule has 0 N–H and O–H groups in total. The third-order valence-corrected chi connectivity index (χ3v) is 2.07. The summed E-state index contributed by atoms with van der Waals surface area (Å²) in [4.78, 5) is 12.5. The molecular formula is C11H12IN3. The van der Waals surface area contributed by atoms with Crippen LogP contribution >= 0.6 is 22.6 Å². The Kier molecular flexibility index (Phi) is 5.17. The van der Waals surface area contributed by atoms with E-state index in [9.17, 15) is 0 Å². The lowest BCUT2D eigenvalue weighted by atomic mass is 10.3. The van der Waals surface area contributed by atoms with E-state index in [1.54, 1.807) is 12.4 Å². The summed E-state index contributed by atoms with van der Waals surface area (Å²) in [5.74, 6) is 0. The largest absolute Gasteiger partial charge is 0.255 e. The first kappa shape index (κ1) is 12.0. The molecule has 3 nitrogen and oxygen atoms in total. The standard InChI is InChI=1S/C9H6IN3.C2H6/c10-9-12-6-4-8(13-9)7-3-1-2-5-11-7;1-2/h1-6H;1-2H3. The SMILES string of the molecule is CC.Ic1nccc(-c2ccccn2)n1. The summed E-state index contributed by atoms with van der Waals surface area (Å²) in [6.45, 7) is 4.00. The molecule has 2 aromatic rings. The fourth-order valence-corrected chi connectivity index (χ4v) is 1.41. The van der Waals surface area contributed by atoms with E-state index in [1.807, 2.05) is 38.1 Å². The van der Waals surface area contributed by atoms with Crippen molar-refractivity contribution in [3.8, 4) is 11.4 Å². The molecule has 0 fully saturated rings. The molecule has 0 radical (unpaired) electrons. The molecule has 2 rings (SSSR count). The van der Waals surface area contributed by atoms with Crippen LogP contribution in [-0.2, 0) is 0 Å². The van der Waals surface area contributed by atoms with E-state index < -0.39 is 0 Å². The maximum absolute atomic E-state index is 4.26. The highest BCUT2D eigenvalue weighted by Crippen LogP contribution is 2.12. The molecule has 0 atom stereocenters. The topological polar surface area (TPSA) is 38.7 Å². The first-order valence-corrected chi connectivity index (χ1v) is 5.84. The van der Waals surface area contributed by atoms with Crippen molar-refractivity contribution in [2.24, 2.45) is 0 Å². The van der Waals surface area contributed by atoms with Crippen molar-refractivity contribution in [1.82, 2.24) is 15.0 Å². The molecule has 2 aromatic heterocycles. The molecule has 0 aliphatic carbocycles. The summed E-state index contributed by atoms with van der Waals surface area (Å²) in [6, 6.07) is 7.61. The van der Waals surface area contributed by atoms with Crippen LogP contribution in [0.25, 0.3) is 11.4 Å². The van der Waals surface area contributed by atoms with Crippen molar-refractivity contribution in [3.05, 3.63) is 40.5 Å². The summed E-state index contributed by atoms with van der Waals surface area (Å²) in [5, 5.41) is 0. The Morgan fingerprint density at radius 2 is 1.73 bits per heavy atom. The Balaban J connectivity index is 0.000000531. The van der Waals surface area contributed by atoms with Gasteiger partial charge in [-0.25, -0.2) is 9.97 Å². The van der Waals surface area contributed by atoms with Crippen molar-refractivity contribution < 1.29 is 0 Å². The minimum absolute atomic E-state index is 0.737. The molecule has 0 saturated carbocycles. The minimum Gasteiger partial charge on any atom is -0.255 e. The van der Waals surface area contributed by atoms with Gasteiger partial charge in [-0.2, -0.15) is 0 Å². The Labute approximate surface area is 103 Å². The van der Waals surface area contributed by atoms with E-state index >= 15 is 0 Å². The lowest BCUT2D eigenvalue weighted by molar-refractivity contribution is 1.10. The van der Waals surface area contributed by atoms with E-state index in [1.165, 1.54) is 0 Å².